The van der Waals surface area contributed by atoms with Crippen molar-refractivity contribution >= 4 is 22.1 Å². The molecule has 2 fully saturated rings. The fraction of sp³-hybridized carbons (Fsp3) is 0.800. The third kappa shape index (κ3) is 3.23. The minimum Gasteiger partial charge on any atom is -0.480 e. The molecule has 108 valence electrons. The van der Waals surface area contributed by atoms with Gasteiger partial charge in [-0.2, -0.15) is 17.4 Å². The molecular weight excluding hydrogens is 274 g/mol. The molecule has 3 N–H and O–H groups in total. The number of hydrogen-bond acceptors (Lipinski definition) is 4. The predicted octanol–water partition coefficient (Wildman–Crippen LogP) is -1.35. The number of amides is 1. The lowest BCUT2D eigenvalue weighted by Crippen LogP contribution is -2.54. The molecule has 0 bridgehead atoms. The number of carboxylic acids is 1. The number of carboxylic acid groups (broad SMARTS) is 1. The van der Waals surface area contributed by atoms with E-state index in [-0.39, 0.29) is 25.4 Å². The summed E-state index contributed by atoms with van der Waals surface area (Å²) in [6.07, 6.45) is 1.75. The normalized spacial score (nSPS) is 29.2. The van der Waals surface area contributed by atoms with Crippen molar-refractivity contribution in [1.29, 1.82) is 0 Å². The Kier molecular flexibility index (Phi) is 4.07. The van der Waals surface area contributed by atoms with Gasteiger partial charge < -0.3 is 10.4 Å². The Balaban J connectivity index is 2.08. The topological polar surface area (TPSA) is 116 Å². The highest BCUT2D eigenvalue weighted by atomic mass is 32.2. The Morgan fingerprint density at radius 3 is 2.74 bits per heavy atom. The third-order valence-electron chi connectivity index (χ3n) is 3.34. The molecule has 0 aliphatic carbocycles. The summed E-state index contributed by atoms with van der Waals surface area (Å²) < 4.78 is 27.7. The lowest BCUT2D eigenvalue weighted by atomic mass is 10.1. The highest BCUT2D eigenvalue weighted by Crippen LogP contribution is 2.20. The zero-order valence-corrected chi connectivity index (χ0v) is 11.1. The van der Waals surface area contributed by atoms with Crippen molar-refractivity contribution in [3.05, 3.63) is 0 Å². The van der Waals surface area contributed by atoms with E-state index in [2.05, 4.69) is 10.0 Å². The molecule has 2 saturated heterocycles. The van der Waals surface area contributed by atoms with Gasteiger partial charge in [0.2, 0.25) is 5.91 Å². The van der Waals surface area contributed by atoms with Crippen LogP contribution >= 0.6 is 0 Å². The van der Waals surface area contributed by atoms with Crippen LogP contribution in [0.5, 0.6) is 0 Å². The van der Waals surface area contributed by atoms with Crippen molar-refractivity contribution in [2.75, 3.05) is 13.1 Å². The highest BCUT2D eigenvalue weighted by Gasteiger charge is 2.38. The molecule has 0 aromatic heterocycles. The van der Waals surface area contributed by atoms with Crippen LogP contribution in [0.3, 0.4) is 0 Å². The Labute approximate surface area is 111 Å². The van der Waals surface area contributed by atoms with E-state index in [1.54, 1.807) is 0 Å². The molecule has 2 atom stereocenters. The Bertz CT molecular complexity index is 478. The summed E-state index contributed by atoms with van der Waals surface area (Å²) in [7, 11) is -3.87. The molecule has 9 heteroatoms. The van der Waals surface area contributed by atoms with Crippen LogP contribution in [0.1, 0.15) is 25.7 Å². The number of carbonyl (C=O) groups excluding carboxylic acids is 1. The van der Waals surface area contributed by atoms with Crippen molar-refractivity contribution in [1.82, 2.24) is 14.3 Å². The first kappa shape index (κ1) is 14.2. The van der Waals surface area contributed by atoms with Crippen molar-refractivity contribution in [2.24, 2.45) is 0 Å². The fourth-order valence-electron chi connectivity index (χ4n) is 2.41. The standard InChI is InChI=1S/C10H17N3O5S/c14-9-5-7(6-11-9)12-19(17,18)13-4-2-1-3-8(13)10(15)16/h7-8,12H,1-6H2,(H,11,14)(H,15,16). The summed E-state index contributed by atoms with van der Waals surface area (Å²) in [4.78, 5) is 22.1. The zero-order chi connectivity index (χ0) is 14.0. The second kappa shape index (κ2) is 5.43. The first-order chi connectivity index (χ1) is 8.90. The Hall–Kier alpha value is -1.19. The van der Waals surface area contributed by atoms with Crippen molar-refractivity contribution in [3.8, 4) is 0 Å². The van der Waals surface area contributed by atoms with Gasteiger partial charge in [-0.3, -0.25) is 9.59 Å². The SMILES string of the molecule is O=C1CC(NS(=O)(=O)N2CCCCC2C(=O)O)CN1. The van der Waals surface area contributed by atoms with E-state index in [1.807, 2.05) is 0 Å². The van der Waals surface area contributed by atoms with Gasteiger partial charge in [0.05, 0.1) is 0 Å². The molecule has 8 nitrogen and oxygen atoms in total. The number of nitrogens with zero attached hydrogens (tertiary/aromatic N) is 1. The van der Waals surface area contributed by atoms with Gasteiger partial charge in [-0.05, 0) is 19.3 Å². The van der Waals surface area contributed by atoms with Crippen LogP contribution in [-0.4, -0.2) is 54.9 Å². The molecular formula is C10H17N3O5S. The number of carbonyl (C=O) groups is 2. The van der Waals surface area contributed by atoms with Gasteiger partial charge >= 0.3 is 5.97 Å². The first-order valence-corrected chi connectivity index (χ1v) is 7.63. The second-order valence-electron chi connectivity index (χ2n) is 4.79. The van der Waals surface area contributed by atoms with Crippen LogP contribution in [0, 0.1) is 0 Å². The Morgan fingerprint density at radius 2 is 2.16 bits per heavy atom. The van der Waals surface area contributed by atoms with Gasteiger partial charge in [-0.1, -0.05) is 0 Å². The van der Waals surface area contributed by atoms with Crippen LogP contribution < -0.4 is 10.0 Å². The van der Waals surface area contributed by atoms with E-state index in [0.717, 1.165) is 4.31 Å². The summed E-state index contributed by atoms with van der Waals surface area (Å²) in [6.45, 7) is 0.435. The molecule has 0 aromatic rings. The van der Waals surface area contributed by atoms with Crippen LogP contribution in [0.15, 0.2) is 0 Å². The Morgan fingerprint density at radius 1 is 1.42 bits per heavy atom. The quantitative estimate of drug-likeness (QED) is 0.592. The molecule has 0 saturated carbocycles. The van der Waals surface area contributed by atoms with Crippen LogP contribution in [0.25, 0.3) is 0 Å². The van der Waals surface area contributed by atoms with Gasteiger partial charge in [0, 0.05) is 25.6 Å². The third-order valence-corrected chi connectivity index (χ3v) is 5.03. The van der Waals surface area contributed by atoms with Gasteiger partial charge in [0.15, 0.2) is 0 Å². The molecule has 2 unspecified atom stereocenters. The summed E-state index contributed by atoms with van der Waals surface area (Å²) in [6, 6.07) is -1.52. The average Bonchev–Trinajstić information content (AvgIpc) is 2.74. The molecule has 0 spiro atoms. The number of aliphatic carboxylic acids is 1. The second-order valence-corrected chi connectivity index (χ2v) is 6.44. The predicted molar refractivity (Wildman–Crippen MR) is 65.5 cm³/mol. The van der Waals surface area contributed by atoms with E-state index in [1.165, 1.54) is 0 Å². The molecule has 2 rings (SSSR count). The first-order valence-electron chi connectivity index (χ1n) is 6.19. The maximum absolute atomic E-state index is 12.2. The largest absolute Gasteiger partial charge is 0.480 e. The van der Waals surface area contributed by atoms with Gasteiger partial charge in [-0.25, -0.2) is 0 Å². The molecule has 2 aliphatic heterocycles. The highest BCUT2D eigenvalue weighted by molar-refractivity contribution is 7.87. The number of rotatable bonds is 4. The molecule has 2 aliphatic rings. The molecule has 0 aromatic carbocycles. The maximum Gasteiger partial charge on any atom is 0.322 e. The summed E-state index contributed by atoms with van der Waals surface area (Å²) in [5, 5.41) is 11.6. The van der Waals surface area contributed by atoms with E-state index >= 15 is 0 Å². The molecule has 0 radical (unpaired) electrons. The number of hydrogen-bond donors (Lipinski definition) is 3. The van der Waals surface area contributed by atoms with Crippen molar-refractivity contribution < 1.29 is 23.1 Å². The molecule has 19 heavy (non-hydrogen) atoms. The van der Waals surface area contributed by atoms with Gasteiger partial charge in [0.25, 0.3) is 10.2 Å². The van der Waals surface area contributed by atoms with Crippen molar-refractivity contribution in [3.63, 3.8) is 0 Å². The lowest BCUT2D eigenvalue weighted by molar-refractivity contribution is -0.142. The molecule has 1 amide bonds. The van der Waals surface area contributed by atoms with Gasteiger partial charge in [-0.15, -0.1) is 0 Å². The van der Waals surface area contributed by atoms with Crippen LogP contribution in [0.2, 0.25) is 0 Å². The minimum atomic E-state index is -3.87. The zero-order valence-electron chi connectivity index (χ0n) is 10.3. The smallest absolute Gasteiger partial charge is 0.322 e. The number of nitrogens with one attached hydrogen (secondary N) is 2. The monoisotopic (exact) mass is 291 g/mol. The van der Waals surface area contributed by atoms with Crippen LogP contribution in [0.4, 0.5) is 0 Å². The van der Waals surface area contributed by atoms with Gasteiger partial charge in [0.1, 0.15) is 6.04 Å². The van der Waals surface area contributed by atoms with E-state index in [0.29, 0.717) is 19.3 Å². The van der Waals surface area contributed by atoms with Crippen LogP contribution in [-0.2, 0) is 19.8 Å². The van der Waals surface area contributed by atoms with E-state index < -0.39 is 28.3 Å². The lowest BCUT2D eigenvalue weighted by Gasteiger charge is -2.32. The van der Waals surface area contributed by atoms with Crippen molar-refractivity contribution in [2.45, 2.75) is 37.8 Å². The minimum absolute atomic E-state index is 0.0881. The fourth-order valence-corrected chi connectivity index (χ4v) is 4.03. The maximum atomic E-state index is 12.2. The van der Waals surface area contributed by atoms with E-state index in [4.69, 9.17) is 5.11 Å². The number of piperidine rings is 1. The van der Waals surface area contributed by atoms with E-state index in [9.17, 15) is 18.0 Å². The summed E-state index contributed by atoms with van der Waals surface area (Å²) in [5.74, 6) is -1.34. The average molecular weight is 291 g/mol. The summed E-state index contributed by atoms with van der Waals surface area (Å²) >= 11 is 0. The summed E-state index contributed by atoms with van der Waals surface area (Å²) in [5.41, 5.74) is 0. The molecule has 2 heterocycles.